The lowest BCUT2D eigenvalue weighted by Crippen LogP contribution is -2.40. The Morgan fingerprint density at radius 3 is 2.63 bits per heavy atom. The fourth-order valence-corrected chi connectivity index (χ4v) is 9.50. The normalized spacial score (nSPS) is 25.3. The van der Waals surface area contributed by atoms with Crippen LogP contribution in [0.2, 0.25) is 5.15 Å². The summed E-state index contributed by atoms with van der Waals surface area (Å²) in [5, 5.41) is 11.4. The van der Waals surface area contributed by atoms with Crippen LogP contribution in [0.15, 0.2) is 55.6 Å². The molecule has 8 rings (SSSR count). The zero-order chi connectivity index (χ0) is 37.7. The summed E-state index contributed by atoms with van der Waals surface area (Å²) in [4.78, 5) is 48.7. The predicted octanol–water partition coefficient (Wildman–Crippen LogP) is 6.25. The van der Waals surface area contributed by atoms with Crippen LogP contribution in [-0.4, -0.2) is 78.7 Å². The molecule has 17 nitrogen and oxygen atoms in total. The van der Waals surface area contributed by atoms with E-state index in [4.69, 9.17) is 41.9 Å². The smallest absolute Gasteiger partial charge is 0.324 e. The van der Waals surface area contributed by atoms with Crippen molar-refractivity contribution in [2.24, 2.45) is 17.8 Å². The number of benzene rings is 1. The van der Waals surface area contributed by atoms with E-state index in [1.165, 1.54) is 18.5 Å². The molecule has 284 valence electrons. The number of nitro benzene ring substituents is 1. The van der Waals surface area contributed by atoms with Crippen LogP contribution < -0.4 is 4.74 Å². The van der Waals surface area contributed by atoms with Crippen molar-refractivity contribution in [1.82, 2.24) is 43.4 Å². The highest BCUT2D eigenvalue weighted by Gasteiger charge is 2.47. The Labute approximate surface area is 319 Å². The molecule has 54 heavy (non-hydrogen) atoms. The Balaban J connectivity index is 0.990. The van der Waals surface area contributed by atoms with E-state index in [2.05, 4.69) is 36.8 Å². The Morgan fingerprint density at radius 2 is 1.87 bits per heavy atom. The van der Waals surface area contributed by atoms with Crippen LogP contribution in [0.4, 0.5) is 5.69 Å². The van der Waals surface area contributed by atoms with E-state index in [1.807, 2.05) is 23.0 Å². The molecule has 0 bridgehead atoms. The van der Waals surface area contributed by atoms with Gasteiger partial charge in [0.2, 0.25) is 11.7 Å². The number of rotatable bonds is 14. The molecule has 2 fully saturated rings. The lowest BCUT2D eigenvalue weighted by Gasteiger charge is -2.45. The molecule has 1 unspecified atom stereocenters. The van der Waals surface area contributed by atoms with Crippen LogP contribution in [0.5, 0.6) is 5.88 Å². The van der Waals surface area contributed by atoms with E-state index < -0.39 is 24.0 Å². The second kappa shape index (κ2) is 14.8. The van der Waals surface area contributed by atoms with E-state index in [0.717, 1.165) is 18.4 Å². The second-order valence-corrected chi connectivity index (χ2v) is 16.8. The Morgan fingerprint density at radius 1 is 1.09 bits per heavy atom. The maximum atomic E-state index is 11.5. The first-order valence-corrected chi connectivity index (χ1v) is 20.7. The molecule has 1 aromatic carbocycles. The summed E-state index contributed by atoms with van der Waals surface area (Å²) in [6.45, 7) is 2.93. The fourth-order valence-electron chi connectivity index (χ4n) is 7.79. The summed E-state index contributed by atoms with van der Waals surface area (Å²) in [6, 6.07) is 6.48. The van der Waals surface area contributed by atoms with Crippen LogP contribution in [0.1, 0.15) is 57.9 Å². The molecule has 0 amide bonds. The third-order valence-electron chi connectivity index (χ3n) is 10.7. The van der Waals surface area contributed by atoms with Crippen LogP contribution >= 0.6 is 18.3 Å². The quantitative estimate of drug-likeness (QED) is 0.0563. The van der Waals surface area contributed by atoms with E-state index in [-0.39, 0.29) is 54.7 Å². The van der Waals surface area contributed by atoms with Gasteiger partial charge in [0.1, 0.15) is 17.9 Å². The van der Waals surface area contributed by atoms with Gasteiger partial charge in [0.25, 0.3) is 5.69 Å². The number of imidazole rings is 3. The minimum absolute atomic E-state index is 0.0253. The molecule has 1 aliphatic heterocycles. The number of halogens is 1. The van der Waals surface area contributed by atoms with Crippen molar-refractivity contribution >= 4 is 63.9 Å². The van der Waals surface area contributed by atoms with Crippen LogP contribution in [0, 0.1) is 27.9 Å². The van der Waals surface area contributed by atoms with E-state index in [9.17, 15) is 15.0 Å². The second-order valence-electron chi connectivity index (χ2n) is 13.7. The summed E-state index contributed by atoms with van der Waals surface area (Å²) >= 11 is 11.9. The first kappa shape index (κ1) is 36.8. The van der Waals surface area contributed by atoms with Gasteiger partial charge >= 0.3 is 6.72 Å². The molecule has 6 aromatic rings. The summed E-state index contributed by atoms with van der Waals surface area (Å²) in [5.74, 6) is 0.907. The van der Waals surface area contributed by atoms with Gasteiger partial charge in [-0.2, -0.15) is 4.98 Å². The lowest BCUT2D eigenvalue weighted by molar-refractivity contribution is -0.384. The number of non-ortho nitro benzene ring substituents is 1. The zero-order valence-electron chi connectivity index (χ0n) is 29.6. The Kier molecular flexibility index (Phi) is 10.1. The highest BCUT2D eigenvalue weighted by atomic mass is 35.5. The summed E-state index contributed by atoms with van der Waals surface area (Å²) in [6.07, 6.45) is 9.54. The van der Waals surface area contributed by atoms with Crippen molar-refractivity contribution in [2.75, 3.05) is 13.2 Å². The van der Waals surface area contributed by atoms with Crippen LogP contribution in [-0.2, 0) is 32.0 Å². The van der Waals surface area contributed by atoms with E-state index in [0.29, 0.717) is 46.1 Å². The molecule has 0 spiro atoms. The molecule has 8 atom stereocenters. The average Bonchev–Trinajstić information content (AvgIpc) is 3.94. The number of ether oxygens (including phenoxy) is 2. The highest BCUT2D eigenvalue weighted by molar-refractivity contribution is 8.07. The van der Waals surface area contributed by atoms with Gasteiger partial charge in [0.15, 0.2) is 28.2 Å². The monoisotopic (exact) mass is 796 g/mol. The van der Waals surface area contributed by atoms with Crippen molar-refractivity contribution in [3.8, 4) is 5.88 Å². The van der Waals surface area contributed by atoms with E-state index >= 15 is 0 Å². The van der Waals surface area contributed by atoms with Gasteiger partial charge in [-0.1, -0.05) is 50.9 Å². The molecule has 1 N–H and O–H groups in total. The van der Waals surface area contributed by atoms with Gasteiger partial charge < -0.3 is 28.0 Å². The van der Waals surface area contributed by atoms with Crippen LogP contribution in [0.3, 0.4) is 0 Å². The van der Waals surface area contributed by atoms with E-state index in [1.54, 1.807) is 41.6 Å². The number of nitro groups is 1. The van der Waals surface area contributed by atoms with Crippen molar-refractivity contribution in [3.63, 3.8) is 0 Å². The van der Waals surface area contributed by atoms with Crippen LogP contribution in [0.25, 0.3) is 28.1 Å². The number of hydrogen-bond donors (Lipinski definition) is 1. The van der Waals surface area contributed by atoms with Gasteiger partial charge in [-0.15, -0.1) is 0 Å². The Hall–Kier alpha value is -4.16. The summed E-state index contributed by atoms with van der Waals surface area (Å²) < 4.78 is 30.9. The highest BCUT2D eigenvalue weighted by Crippen LogP contribution is 2.54. The zero-order valence-corrected chi connectivity index (χ0v) is 32.0. The summed E-state index contributed by atoms with van der Waals surface area (Å²) in [5.41, 5.74) is 3.25. The molecule has 0 radical (unpaired) electrons. The molecule has 2 aliphatic rings. The first-order valence-electron chi connectivity index (χ1n) is 17.8. The van der Waals surface area contributed by atoms with Gasteiger partial charge in [-0.25, -0.2) is 24.9 Å². The fraction of sp³-hybridized carbons (Fsp3) is 0.471. The molecule has 5 aromatic heterocycles. The molecule has 6 heterocycles. The molecular formula is C34H38ClN10O7PS. The van der Waals surface area contributed by atoms with Gasteiger partial charge in [-0.05, 0) is 42.0 Å². The molecule has 1 saturated carbocycles. The van der Waals surface area contributed by atoms with Crippen molar-refractivity contribution in [2.45, 2.75) is 70.9 Å². The molecular weight excluding hydrogens is 759 g/mol. The van der Waals surface area contributed by atoms with Gasteiger partial charge in [0.05, 0.1) is 36.9 Å². The SMILES string of the molecule is CC[C@@H]1[C@@H](COP(O)(=S)O[C@@H]2[C@H](C)[C@@H](CC)O[C@H]2n2cnc3c(OCCc4ccc([N+](=O)[O-])cc4)nc4nccn4c32)C[C@H]1n1cnc2c(Cl)ncnc21. The third kappa shape index (κ3) is 6.73. The minimum atomic E-state index is -3.74. The standard InChI is InChI=1S/C34H38ClN10O7PS/c1-4-23-21(14-24(23)43-17-39-26-29(35)37-16-38-30(26)43)15-50-53(48,54)52-28-19(3)25(5-2)51-33(28)44-18-40-27-31(41-34-36-11-12-42(34)32(27)44)49-13-10-20-6-8-22(9-7-20)45(46)47/h6-9,11-12,16-19,21,23-25,28,33H,4-5,10,13-15H2,1-3H3,(H,48,54)/t19-,21-,23-,24-,25-,28-,33-,53?/m1/s1. The van der Waals surface area contributed by atoms with Crippen molar-refractivity contribution < 1.29 is 28.3 Å². The lowest BCUT2D eigenvalue weighted by atomic mass is 9.68. The minimum Gasteiger partial charge on any atom is -0.476 e. The van der Waals surface area contributed by atoms with Gasteiger partial charge in [-0.3, -0.25) is 19.1 Å². The number of nitrogens with zero attached hydrogens (tertiary/aromatic N) is 10. The number of aromatic nitrogens is 9. The molecule has 1 aliphatic carbocycles. The largest absolute Gasteiger partial charge is 0.476 e. The van der Waals surface area contributed by atoms with Crippen molar-refractivity contribution in [1.29, 1.82) is 0 Å². The number of hydrogen-bond acceptors (Lipinski definition) is 13. The molecule has 20 heteroatoms. The predicted molar refractivity (Wildman–Crippen MR) is 201 cm³/mol. The number of fused-ring (bicyclic) bond motifs is 4. The maximum absolute atomic E-state index is 11.5. The Bertz CT molecular complexity index is 2370. The summed E-state index contributed by atoms with van der Waals surface area (Å²) in [7, 11) is 0. The topological polar surface area (TPSA) is 192 Å². The first-order chi connectivity index (χ1) is 26.1. The van der Waals surface area contributed by atoms with Gasteiger partial charge in [0, 0.05) is 42.9 Å². The van der Waals surface area contributed by atoms with Crippen molar-refractivity contribution in [3.05, 3.63) is 76.5 Å². The maximum Gasteiger partial charge on any atom is 0.324 e. The third-order valence-corrected chi connectivity index (χ3v) is 12.5. The molecule has 1 saturated heterocycles. The average molecular weight is 797 g/mol.